The van der Waals surface area contributed by atoms with Crippen LogP contribution in [0.2, 0.25) is 0 Å². The molecule has 0 aromatic carbocycles. The number of nitrogens with two attached hydrogens (primary N) is 1. The van der Waals surface area contributed by atoms with Gasteiger partial charge in [-0.05, 0) is 87.4 Å². The molecule has 3 heteroatoms. The average Bonchev–Trinajstić information content (AvgIpc) is 2.88. The molecule has 0 spiro atoms. The van der Waals surface area contributed by atoms with Crippen molar-refractivity contribution in [1.29, 1.82) is 0 Å². The summed E-state index contributed by atoms with van der Waals surface area (Å²) < 4.78 is 0. The smallest absolute Gasteiger partial charge is 0.133 e. The summed E-state index contributed by atoms with van der Waals surface area (Å²) in [7, 11) is 0. The Balaban J connectivity index is 1.66. The van der Waals surface area contributed by atoms with Crippen molar-refractivity contribution in [3.8, 4) is 0 Å². The zero-order valence-corrected chi connectivity index (χ0v) is 15.6. The molecule has 3 N–H and O–H groups in total. The zero-order chi connectivity index (χ0) is 17.3. The highest BCUT2D eigenvalue weighted by molar-refractivity contribution is 5.79. The summed E-state index contributed by atoms with van der Waals surface area (Å²) in [5.74, 6) is 2.98. The van der Waals surface area contributed by atoms with E-state index >= 15 is 0 Å². The van der Waals surface area contributed by atoms with Crippen molar-refractivity contribution in [1.82, 2.24) is 0 Å². The molecule has 4 aliphatic rings. The Labute approximate surface area is 146 Å². The molecule has 4 saturated carbocycles. The summed E-state index contributed by atoms with van der Waals surface area (Å²) in [6, 6.07) is 0.381. The number of carbonyl (C=O) groups is 1. The standard InChI is InChI=1S/C21H35NO2/c1-12(23)16-6-7-17-15-5-4-13-10-14(22)8-9-20(13,2)18(15)11-19(24)21(16,17)3/h13-19,24H,4-11,22H2,1-3H3. The molecular formula is C21H35NO2. The van der Waals surface area contributed by atoms with Crippen LogP contribution in [0.15, 0.2) is 0 Å². The van der Waals surface area contributed by atoms with E-state index in [2.05, 4.69) is 13.8 Å². The number of aliphatic hydroxyl groups excluding tert-OH is 1. The number of fused-ring (bicyclic) bond motifs is 5. The molecule has 0 radical (unpaired) electrons. The second kappa shape index (κ2) is 5.54. The van der Waals surface area contributed by atoms with Crippen molar-refractivity contribution in [3.63, 3.8) is 0 Å². The van der Waals surface area contributed by atoms with Crippen molar-refractivity contribution >= 4 is 5.78 Å². The van der Waals surface area contributed by atoms with Gasteiger partial charge in [0.1, 0.15) is 5.78 Å². The zero-order valence-electron chi connectivity index (χ0n) is 15.6. The normalized spacial score (nSPS) is 57.0. The predicted molar refractivity (Wildman–Crippen MR) is 95.3 cm³/mol. The first-order valence-corrected chi connectivity index (χ1v) is 10.2. The Kier molecular flexibility index (Phi) is 3.93. The first-order valence-electron chi connectivity index (χ1n) is 10.2. The van der Waals surface area contributed by atoms with Crippen LogP contribution in [0.3, 0.4) is 0 Å². The summed E-state index contributed by atoms with van der Waals surface area (Å²) >= 11 is 0. The third-order valence-electron chi connectivity index (χ3n) is 9.30. The van der Waals surface area contributed by atoms with Crippen molar-refractivity contribution in [3.05, 3.63) is 0 Å². The monoisotopic (exact) mass is 333 g/mol. The number of ketones is 1. The molecule has 9 unspecified atom stereocenters. The number of carbonyl (C=O) groups excluding carboxylic acids is 1. The number of Topliss-reactive ketones (excluding diaryl/α,β-unsaturated/α-hetero) is 1. The van der Waals surface area contributed by atoms with Crippen LogP contribution in [0.5, 0.6) is 0 Å². The van der Waals surface area contributed by atoms with Crippen LogP contribution < -0.4 is 5.73 Å². The van der Waals surface area contributed by atoms with Gasteiger partial charge in [0.2, 0.25) is 0 Å². The lowest BCUT2D eigenvalue weighted by atomic mass is 9.44. The van der Waals surface area contributed by atoms with Gasteiger partial charge >= 0.3 is 0 Å². The van der Waals surface area contributed by atoms with E-state index in [-0.39, 0.29) is 17.4 Å². The van der Waals surface area contributed by atoms with Gasteiger partial charge in [0.05, 0.1) is 6.10 Å². The maximum Gasteiger partial charge on any atom is 0.133 e. The van der Waals surface area contributed by atoms with Gasteiger partial charge in [-0.2, -0.15) is 0 Å². The molecule has 0 bridgehead atoms. The topological polar surface area (TPSA) is 63.3 Å². The van der Waals surface area contributed by atoms with E-state index in [0.717, 1.165) is 31.6 Å². The van der Waals surface area contributed by atoms with Crippen LogP contribution in [0.4, 0.5) is 0 Å². The van der Waals surface area contributed by atoms with Crippen LogP contribution in [-0.2, 0) is 4.79 Å². The lowest BCUT2D eigenvalue weighted by molar-refractivity contribution is -0.168. The van der Waals surface area contributed by atoms with Gasteiger partial charge in [0, 0.05) is 17.4 Å². The van der Waals surface area contributed by atoms with Gasteiger partial charge < -0.3 is 10.8 Å². The number of hydrogen-bond donors (Lipinski definition) is 2. The molecule has 0 aromatic rings. The molecule has 3 nitrogen and oxygen atoms in total. The Morgan fingerprint density at radius 1 is 1.04 bits per heavy atom. The van der Waals surface area contributed by atoms with E-state index in [4.69, 9.17) is 5.73 Å². The number of hydrogen-bond acceptors (Lipinski definition) is 3. The summed E-state index contributed by atoms with van der Waals surface area (Å²) in [6.07, 6.45) is 8.86. The molecule has 4 aliphatic carbocycles. The first-order chi connectivity index (χ1) is 11.3. The molecule has 136 valence electrons. The Bertz CT molecular complexity index is 534. The highest BCUT2D eigenvalue weighted by atomic mass is 16.3. The van der Waals surface area contributed by atoms with Gasteiger partial charge in [0.25, 0.3) is 0 Å². The van der Waals surface area contributed by atoms with Gasteiger partial charge in [-0.15, -0.1) is 0 Å². The summed E-state index contributed by atoms with van der Waals surface area (Å²) in [6.45, 7) is 6.45. The predicted octanol–water partition coefficient (Wildman–Crippen LogP) is 3.53. The van der Waals surface area contributed by atoms with E-state index in [1.54, 1.807) is 6.92 Å². The molecule has 0 amide bonds. The number of rotatable bonds is 1. The third kappa shape index (κ3) is 2.13. The summed E-state index contributed by atoms with van der Waals surface area (Å²) in [4.78, 5) is 12.2. The second-order valence-electron chi connectivity index (χ2n) is 10.0. The fraction of sp³-hybridized carbons (Fsp3) is 0.952. The molecule has 4 fully saturated rings. The SMILES string of the molecule is CC(=O)C1CCC2C3CCC4CC(N)CCC4(C)C3CC(O)C12C. The van der Waals surface area contributed by atoms with E-state index < -0.39 is 0 Å². The molecule has 0 saturated heterocycles. The van der Waals surface area contributed by atoms with Gasteiger partial charge in [0.15, 0.2) is 0 Å². The van der Waals surface area contributed by atoms with Gasteiger partial charge in [-0.25, -0.2) is 0 Å². The quantitative estimate of drug-likeness (QED) is 0.771. The van der Waals surface area contributed by atoms with E-state index in [9.17, 15) is 9.90 Å². The number of aliphatic hydroxyl groups is 1. The summed E-state index contributed by atoms with van der Waals surface area (Å²) in [5.41, 5.74) is 6.44. The van der Waals surface area contributed by atoms with Gasteiger partial charge in [-0.3, -0.25) is 4.79 Å². The first kappa shape index (κ1) is 17.0. The molecule has 0 heterocycles. The molecule has 9 atom stereocenters. The minimum absolute atomic E-state index is 0.0729. The van der Waals surface area contributed by atoms with Crippen molar-refractivity contribution in [2.75, 3.05) is 0 Å². The minimum Gasteiger partial charge on any atom is -0.393 e. The molecule has 0 aromatic heterocycles. The van der Waals surface area contributed by atoms with E-state index in [1.165, 1.54) is 25.7 Å². The Morgan fingerprint density at radius 2 is 1.79 bits per heavy atom. The van der Waals surface area contributed by atoms with Crippen LogP contribution in [-0.4, -0.2) is 23.0 Å². The lowest BCUT2D eigenvalue weighted by Gasteiger charge is -2.62. The lowest BCUT2D eigenvalue weighted by Crippen LogP contribution is -2.59. The minimum atomic E-state index is -0.314. The van der Waals surface area contributed by atoms with Crippen molar-refractivity contribution < 1.29 is 9.90 Å². The van der Waals surface area contributed by atoms with Gasteiger partial charge in [-0.1, -0.05) is 13.8 Å². The van der Waals surface area contributed by atoms with Crippen LogP contribution in [0.1, 0.15) is 72.1 Å². The Morgan fingerprint density at radius 3 is 2.50 bits per heavy atom. The van der Waals surface area contributed by atoms with Crippen LogP contribution in [0.25, 0.3) is 0 Å². The molecule has 0 aliphatic heterocycles. The average molecular weight is 334 g/mol. The fourth-order valence-electron chi connectivity index (χ4n) is 7.92. The maximum absolute atomic E-state index is 12.2. The maximum atomic E-state index is 12.2. The molecule has 24 heavy (non-hydrogen) atoms. The second-order valence-corrected chi connectivity index (χ2v) is 10.0. The highest BCUT2D eigenvalue weighted by Gasteiger charge is 2.63. The molecule has 4 rings (SSSR count). The fourth-order valence-corrected chi connectivity index (χ4v) is 7.92. The molecular weight excluding hydrogens is 298 g/mol. The largest absolute Gasteiger partial charge is 0.393 e. The third-order valence-corrected chi connectivity index (χ3v) is 9.30. The Hall–Kier alpha value is -0.410. The van der Waals surface area contributed by atoms with E-state index in [1.807, 2.05) is 0 Å². The highest BCUT2D eigenvalue weighted by Crippen LogP contribution is 2.67. The summed E-state index contributed by atoms with van der Waals surface area (Å²) in [5, 5.41) is 11.2. The van der Waals surface area contributed by atoms with E-state index in [0.29, 0.717) is 35.0 Å². The van der Waals surface area contributed by atoms with Crippen molar-refractivity contribution in [2.24, 2.45) is 46.2 Å². The van der Waals surface area contributed by atoms with Crippen LogP contribution >= 0.6 is 0 Å². The van der Waals surface area contributed by atoms with Crippen LogP contribution in [0, 0.1) is 40.4 Å². The van der Waals surface area contributed by atoms with Crippen molar-refractivity contribution in [2.45, 2.75) is 84.3 Å².